The summed E-state index contributed by atoms with van der Waals surface area (Å²) >= 11 is 0. The number of ether oxygens (including phenoxy) is 4. The molecule has 0 aliphatic rings. The van der Waals surface area contributed by atoms with Crippen LogP contribution in [-0.4, -0.2) is 40.8 Å². The number of rotatable bonds is 6. The average molecular weight is 392 g/mol. The normalized spacial score (nSPS) is 10.8. The number of methoxy groups -OCH3 is 3. The Balaban J connectivity index is 1.78. The van der Waals surface area contributed by atoms with Crippen molar-refractivity contribution in [3.05, 3.63) is 54.9 Å². The summed E-state index contributed by atoms with van der Waals surface area (Å²) in [4.78, 5) is 12.9. The van der Waals surface area contributed by atoms with Crippen LogP contribution in [0.15, 0.2) is 49.2 Å². The fraction of sp³-hybridized carbons (Fsp3) is 0.190. The number of aryl methyl sites for hydroxylation is 1. The van der Waals surface area contributed by atoms with E-state index in [1.807, 2.05) is 29.8 Å². The largest absolute Gasteiger partial charge is 0.497 e. The van der Waals surface area contributed by atoms with E-state index < -0.39 is 0 Å². The topological polar surface area (TPSA) is 80.5 Å². The fourth-order valence-corrected chi connectivity index (χ4v) is 3.00. The van der Waals surface area contributed by atoms with Crippen molar-refractivity contribution < 1.29 is 18.9 Å². The standard InChI is InChI=1S/C21H20N4O4/c1-13-10-25(12-24-13)14-5-15(26-2)7-16(6-14)29-21-17-8-19(27-3)20(28-4)9-18(17)22-11-23-21/h5-12H,1-4H3. The van der Waals surface area contributed by atoms with Crippen molar-refractivity contribution >= 4 is 10.9 Å². The van der Waals surface area contributed by atoms with Crippen molar-refractivity contribution in [1.29, 1.82) is 0 Å². The van der Waals surface area contributed by atoms with Gasteiger partial charge in [-0.05, 0) is 13.0 Å². The van der Waals surface area contributed by atoms with Crippen LogP contribution in [0.2, 0.25) is 0 Å². The van der Waals surface area contributed by atoms with E-state index in [2.05, 4.69) is 15.0 Å². The van der Waals surface area contributed by atoms with Crippen molar-refractivity contribution in [3.63, 3.8) is 0 Å². The van der Waals surface area contributed by atoms with Crippen LogP contribution in [0.1, 0.15) is 5.69 Å². The lowest BCUT2D eigenvalue weighted by Crippen LogP contribution is -1.97. The van der Waals surface area contributed by atoms with Gasteiger partial charge in [0.25, 0.3) is 0 Å². The van der Waals surface area contributed by atoms with Gasteiger partial charge in [0.15, 0.2) is 11.5 Å². The minimum atomic E-state index is 0.400. The van der Waals surface area contributed by atoms with Crippen LogP contribution in [0.5, 0.6) is 28.9 Å². The Morgan fingerprint density at radius 3 is 2.24 bits per heavy atom. The molecule has 0 spiro atoms. The zero-order valence-electron chi connectivity index (χ0n) is 16.5. The Kier molecular flexibility index (Phi) is 4.90. The molecule has 0 fully saturated rings. The third-order valence-electron chi connectivity index (χ3n) is 4.43. The molecule has 0 bridgehead atoms. The maximum absolute atomic E-state index is 6.11. The Bertz CT molecular complexity index is 1170. The Morgan fingerprint density at radius 1 is 0.793 bits per heavy atom. The summed E-state index contributed by atoms with van der Waals surface area (Å²) in [5.74, 6) is 2.78. The second-order valence-electron chi connectivity index (χ2n) is 6.29. The van der Waals surface area contributed by atoms with Crippen molar-refractivity contribution in [2.45, 2.75) is 6.92 Å². The second-order valence-corrected chi connectivity index (χ2v) is 6.29. The molecule has 0 unspecified atom stereocenters. The van der Waals surface area contributed by atoms with Gasteiger partial charge in [-0.3, -0.25) is 0 Å². The minimum absolute atomic E-state index is 0.400. The smallest absolute Gasteiger partial charge is 0.230 e. The van der Waals surface area contributed by atoms with Gasteiger partial charge in [-0.25, -0.2) is 15.0 Å². The SMILES string of the molecule is COc1cc(Oc2ncnc3cc(OC)c(OC)cc23)cc(-n2cnc(C)c2)c1. The highest BCUT2D eigenvalue weighted by Crippen LogP contribution is 2.36. The van der Waals surface area contributed by atoms with E-state index >= 15 is 0 Å². The molecule has 0 aliphatic carbocycles. The molecule has 8 nitrogen and oxygen atoms in total. The first kappa shape index (κ1) is 18.5. The number of hydrogen-bond acceptors (Lipinski definition) is 7. The second kappa shape index (κ2) is 7.67. The Labute approximate surface area is 167 Å². The predicted molar refractivity (Wildman–Crippen MR) is 108 cm³/mol. The van der Waals surface area contributed by atoms with E-state index in [-0.39, 0.29) is 0 Å². The molecule has 4 aromatic rings. The Morgan fingerprint density at radius 2 is 1.55 bits per heavy atom. The first-order valence-electron chi connectivity index (χ1n) is 8.86. The fourth-order valence-electron chi connectivity index (χ4n) is 3.00. The summed E-state index contributed by atoms with van der Waals surface area (Å²) < 4.78 is 24.2. The number of hydrogen-bond donors (Lipinski definition) is 0. The molecule has 0 saturated heterocycles. The van der Waals surface area contributed by atoms with Crippen molar-refractivity contribution in [2.24, 2.45) is 0 Å². The molecular weight excluding hydrogens is 372 g/mol. The van der Waals surface area contributed by atoms with E-state index in [0.29, 0.717) is 39.8 Å². The van der Waals surface area contributed by atoms with Crippen LogP contribution in [0, 0.1) is 6.92 Å². The van der Waals surface area contributed by atoms with Gasteiger partial charge in [0.2, 0.25) is 5.88 Å². The molecule has 2 aromatic carbocycles. The molecule has 0 radical (unpaired) electrons. The zero-order chi connectivity index (χ0) is 20.4. The maximum Gasteiger partial charge on any atom is 0.230 e. The van der Waals surface area contributed by atoms with Crippen molar-refractivity contribution in [3.8, 4) is 34.6 Å². The number of fused-ring (bicyclic) bond motifs is 1. The van der Waals surface area contributed by atoms with Crippen LogP contribution in [-0.2, 0) is 0 Å². The number of aromatic nitrogens is 4. The van der Waals surface area contributed by atoms with E-state index in [1.165, 1.54) is 6.33 Å². The van der Waals surface area contributed by atoms with Gasteiger partial charge in [-0.15, -0.1) is 0 Å². The van der Waals surface area contributed by atoms with E-state index in [0.717, 1.165) is 11.4 Å². The number of imidazole rings is 1. The quantitative estimate of drug-likeness (QED) is 0.492. The lowest BCUT2D eigenvalue weighted by Gasteiger charge is -2.13. The van der Waals surface area contributed by atoms with Gasteiger partial charge in [-0.1, -0.05) is 0 Å². The third-order valence-corrected chi connectivity index (χ3v) is 4.43. The van der Waals surface area contributed by atoms with Gasteiger partial charge in [0, 0.05) is 30.5 Å². The molecule has 8 heteroatoms. The Hall–Kier alpha value is -3.81. The number of nitrogens with zero attached hydrogens (tertiary/aromatic N) is 4. The number of benzene rings is 2. The van der Waals surface area contributed by atoms with Crippen LogP contribution in [0.4, 0.5) is 0 Å². The summed E-state index contributed by atoms with van der Waals surface area (Å²) in [6.45, 7) is 1.93. The third kappa shape index (κ3) is 3.64. The molecule has 148 valence electrons. The molecule has 0 amide bonds. The lowest BCUT2D eigenvalue weighted by molar-refractivity contribution is 0.355. The average Bonchev–Trinajstić information content (AvgIpc) is 3.19. The molecule has 2 heterocycles. The van der Waals surface area contributed by atoms with Crippen molar-refractivity contribution in [2.75, 3.05) is 21.3 Å². The lowest BCUT2D eigenvalue weighted by atomic mass is 10.2. The summed E-state index contributed by atoms with van der Waals surface area (Å²) in [6.07, 6.45) is 5.12. The van der Waals surface area contributed by atoms with Crippen LogP contribution >= 0.6 is 0 Å². The molecular formula is C21H20N4O4. The monoisotopic (exact) mass is 392 g/mol. The van der Waals surface area contributed by atoms with Gasteiger partial charge in [0.05, 0.1) is 49.9 Å². The first-order valence-corrected chi connectivity index (χ1v) is 8.86. The molecule has 0 N–H and O–H groups in total. The molecule has 0 saturated carbocycles. The summed E-state index contributed by atoms with van der Waals surface area (Å²) in [5.41, 5.74) is 2.46. The van der Waals surface area contributed by atoms with Gasteiger partial charge < -0.3 is 23.5 Å². The van der Waals surface area contributed by atoms with Crippen LogP contribution < -0.4 is 18.9 Å². The van der Waals surface area contributed by atoms with Crippen molar-refractivity contribution in [1.82, 2.24) is 19.5 Å². The minimum Gasteiger partial charge on any atom is -0.497 e. The van der Waals surface area contributed by atoms with Gasteiger partial charge in [0.1, 0.15) is 17.8 Å². The predicted octanol–water partition coefficient (Wildman–Crippen LogP) is 3.94. The van der Waals surface area contributed by atoms with Crippen LogP contribution in [0.3, 0.4) is 0 Å². The maximum atomic E-state index is 6.11. The zero-order valence-corrected chi connectivity index (χ0v) is 16.5. The highest BCUT2D eigenvalue weighted by Gasteiger charge is 2.13. The van der Waals surface area contributed by atoms with E-state index in [4.69, 9.17) is 18.9 Å². The molecule has 0 atom stereocenters. The highest BCUT2D eigenvalue weighted by atomic mass is 16.5. The molecule has 2 aromatic heterocycles. The molecule has 29 heavy (non-hydrogen) atoms. The van der Waals surface area contributed by atoms with Gasteiger partial charge in [-0.2, -0.15) is 0 Å². The molecule has 4 rings (SSSR count). The van der Waals surface area contributed by atoms with E-state index in [9.17, 15) is 0 Å². The van der Waals surface area contributed by atoms with Gasteiger partial charge >= 0.3 is 0 Å². The summed E-state index contributed by atoms with van der Waals surface area (Å²) in [5, 5.41) is 0.702. The van der Waals surface area contributed by atoms with Crippen LogP contribution in [0.25, 0.3) is 16.6 Å². The highest BCUT2D eigenvalue weighted by molar-refractivity contribution is 5.87. The summed E-state index contributed by atoms with van der Waals surface area (Å²) in [6, 6.07) is 9.16. The first-order chi connectivity index (χ1) is 14.1. The molecule has 0 aliphatic heterocycles. The summed E-state index contributed by atoms with van der Waals surface area (Å²) in [7, 11) is 4.77. The van der Waals surface area contributed by atoms with E-state index in [1.54, 1.807) is 45.9 Å².